The second kappa shape index (κ2) is 3.73. The lowest BCUT2D eigenvalue weighted by Gasteiger charge is -2.43. The first-order valence-corrected chi connectivity index (χ1v) is 7.24. The van der Waals surface area contributed by atoms with Gasteiger partial charge in [0.25, 0.3) is 0 Å². The fourth-order valence-electron chi connectivity index (χ4n) is 4.46. The Morgan fingerprint density at radius 2 is 1.69 bits per heavy atom. The van der Waals surface area contributed by atoms with Gasteiger partial charge in [-0.05, 0) is 49.4 Å². The van der Waals surface area contributed by atoms with Crippen molar-refractivity contribution in [2.24, 2.45) is 10.8 Å². The Bertz CT molecular complexity index is 267. The molecule has 0 spiro atoms. The second-order valence-electron chi connectivity index (χ2n) is 7.31. The van der Waals surface area contributed by atoms with Crippen LogP contribution in [0.3, 0.4) is 0 Å². The van der Waals surface area contributed by atoms with Gasteiger partial charge in [-0.15, -0.1) is 0 Å². The summed E-state index contributed by atoms with van der Waals surface area (Å²) < 4.78 is 5.70. The van der Waals surface area contributed by atoms with Crippen LogP contribution in [0.1, 0.15) is 71.6 Å². The summed E-state index contributed by atoms with van der Waals surface area (Å²) in [5, 5.41) is 0. The molecule has 0 bridgehead atoms. The molecule has 16 heavy (non-hydrogen) atoms. The molecule has 1 heterocycles. The minimum atomic E-state index is 0.587. The number of ether oxygens (including phenoxy) is 1. The minimum absolute atomic E-state index is 0.587. The van der Waals surface area contributed by atoms with Crippen LogP contribution >= 0.6 is 0 Å². The Balaban J connectivity index is 1.63. The summed E-state index contributed by atoms with van der Waals surface area (Å²) >= 11 is 0. The summed E-state index contributed by atoms with van der Waals surface area (Å²) in [6, 6.07) is 0. The summed E-state index contributed by atoms with van der Waals surface area (Å²) in [6.07, 6.45) is 14.2. The molecule has 3 aliphatic rings. The zero-order valence-electron chi connectivity index (χ0n) is 10.9. The molecule has 92 valence electrons. The average Bonchev–Trinajstić information content (AvgIpc) is 2.95. The number of hydrogen-bond acceptors (Lipinski definition) is 1. The Kier molecular flexibility index (Phi) is 2.58. The normalized spacial score (nSPS) is 46.1. The van der Waals surface area contributed by atoms with Crippen molar-refractivity contribution in [2.45, 2.75) is 83.8 Å². The summed E-state index contributed by atoms with van der Waals surface area (Å²) in [5.74, 6) is 0. The Morgan fingerprint density at radius 1 is 0.938 bits per heavy atom. The molecule has 3 rings (SSSR count). The molecule has 2 aliphatic carbocycles. The molecule has 0 aromatic rings. The second-order valence-corrected chi connectivity index (χ2v) is 7.31. The predicted octanol–water partition coefficient (Wildman–Crippen LogP) is 4.30. The molecule has 0 amide bonds. The van der Waals surface area contributed by atoms with Crippen LogP contribution in [-0.4, -0.2) is 12.2 Å². The van der Waals surface area contributed by atoms with Gasteiger partial charge >= 0.3 is 0 Å². The van der Waals surface area contributed by atoms with Crippen molar-refractivity contribution in [3.05, 3.63) is 0 Å². The third-order valence-electron chi connectivity index (χ3n) is 5.33. The highest BCUT2D eigenvalue weighted by Gasteiger charge is 2.50. The molecule has 3 atom stereocenters. The van der Waals surface area contributed by atoms with Crippen molar-refractivity contribution in [2.75, 3.05) is 0 Å². The molecule has 0 N–H and O–H groups in total. The number of fused-ring (bicyclic) bond motifs is 1. The zero-order valence-corrected chi connectivity index (χ0v) is 10.9. The van der Waals surface area contributed by atoms with Crippen LogP contribution < -0.4 is 0 Å². The van der Waals surface area contributed by atoms with Gasteiger partial charge in [0.15, 0.2) is 0 Å². The molecule has 1 heteroatoms. The third kappa shape index (κ3) is 2.16. The first-order chi connectivity index (χ1) is 7.59. The standard InChI is InChI=1S/C15H26O/c1-14(7-4-3-5-8-14)11-15(2)9-6-12-13(10-15)16-12/h12-13H,3-11H2,1-2H3. The van der Waals surface area contributed by atoms with Crippen LogP contribution in [0.25, 0.3) is 0 Å². The maximum absolute atomic E-state index is 5.70. The van der Waals surface area contributed by atoms with E-state index in [2.05, 4.69) is 13.8 Å². The largest absolute Gasteiger partial charge is 0.370 e. The van der Waals surface area contributed by atoms with E-state index in [1.165, 1.54) is 57.8 Å². The maximum Gasteiger partial charge on any atom is 0.0847 e. The Hall–Kier alpha value is -0.0400. The quantitative estimate of drug-likeness (QED) is 0.634. The van der Waals surface area contributed by atoms with Gasteiger partial charge in [-0.25, -0.2) is 0 Å². The molecule has 0 radical (unpaired) electrons. The lowest BCUT2D eigenvalue weighted by molar-refractivity contribution is 0.0883. The van der Waals surface area contributed by atoms with E-state index in [4.69, 9.17) is 4.74 Å². The molecule has 1 nitrogen and oxygen atoms in total. The van der Waals surface area contributed by atoms with Gasteiger partial charge in [-0.2, -0.15) is 0 Å². The van der Waals surface area contributed by atoms with Crippen LogP contribution in [-0.2, 0) is 4.74 Å². The van der Waals surface area contributed by atoms with E-state index in [1.807, 2.05) is 0 Å². The molecular formula is C15H26O. The molecule has 3 unspecified atom stereocenters. The zero-order chi connectivity index (χ0) is 11.2. The van der Waals surface area contributed by atoms with Gasteiger partial charge in [0.05, 0.1) is 12.2 Å². The summed E-state index contributed by atoms with van der Waals surface area (Å²) in [7, 11) is 0. The van der Waals surface area contributed by atoms with Gasteiger partial charge in [-0.1, -0.05) is 33.1 Å². The minimum Gasteiger partial charge on any atom is -0.370 e. The first-order valence-electron chi connectivity index (χ1n) is 7.24. The van der Waals surface area contributed by atoms with Gasteiger partial charge in [0.1, 0.15) is 0 Å². The van der Waals surface area contributed by atoms with E-state index in [0.717, 1.165) is 0 Å². The summed E-state index contributed by atoms with van der Waals surface area (Å²) in [5.41, 5.74) is 1.23. The molecule has 3 fully saturated rings. The lowest BCUT2D eigenvalue weighted by Crippen LogP contribution is -2.33. The van der Waals surface area contributed by atoms with E-state index in [0.29, 0.717) is 23.0 Å². The highest BCUT2D eigenvalue weighted by atomic mass is 16.6. The number of epoxide rings is 1. The molecular weight excluding hydrogens is 196 g/mol. The van der Waals surface area contributed by atoms with Crippen molar-refractivity contribution in [1.82, 2.24) is 0 Å². The Morgan fingerprint density at radius 3 is 2.38 bits per heavy atom. The Labute approximate surface area is 99.9 Å². The molecule has 0 aromatic heterocycles. The average molecular weight is 222 g/mol. The smallest absolute Gasteiger partial charge is 0.0847 e. The van der Waals surface area contributed by atoms with Crippen LogP contribution in [0.5, 0.6) is 0 Å². The van der Waals surface area contributed by atoms with Crippen LogP contribution in [0, 0.1) is 10.8 Å². The van der Waals surface area contributed by atoms with E-state index in [1.54, 1.807) is 0 Å². The van der Waals surface area contributed by atoms with Crippen molar-refractivity contribution in [1.29, 1.82) is 0 Å². The maximum atomic E-state index is 5.70. The SMILES string of the molecule is CC1(CC2(C)CCC3OC3C2)CCCCC1. The highest BCUT2D eigenvalue weighted by Crippen LogP contribution is 2.53. The van der Waals surface area contributed by atoms with Gasteiger partial charge in [-0.3, -0.25) is 0 Å². The van der Waals surface area contributed by atoms with Crippen molar-refractivity contribution in [3.63, 3.8) is 0 Å². The monoisotopic (exact) mass is 222 g/mol. The highest BCUT2D eigenvalue weighted by molar-refractivity contribution is 4.99. The third-order valence-corrected chi connectivity index (χ3v) is 5.33. The lowest BCUT2D eigenvalue weighted by atomic mass is 9.62. The fourth-order valence-corrected chi connectivity index (χ4v) is 4.46. The molecule has 1 aliphatic heterocycles. The summed E-state index contributed by atoms with van der Waals surface area (Å²) in [4.78, 5) is 0. The molecule has 1 saturated heterocycles. The topological polar surface area (TPSA) is 12.5 Å². The molecule has 0 aromatic carbocycles. The van der Waals surface area contributed by atoms with Gasteiger partial charge < -0.3 is 4.74 Å². The van der Waals surface area contributed by atoms with Crippen molar-refractivity contribution < 1.29 is 4.74 Å². The van der Waals surface area contributed by atoms with Crippen molar-refractivity contribution in [3.8, 4) is 0 Å². The van der Waals surface area contributed by atoms with Crippen LogP contribution in [0.4, 0.5) is 0 Å². The molecule has 2 saturated carbocycles. The van der Waals surface area contributed by atoms with Gasteiger partial charge in [0, 0.05) is 0 Å². The van der Waals surface area contributed by atoms with Crippen LogP contribution in [0.15, 0.2) is 0 Å². The van der Waals surface area contributed by atoms with Gasteiger partial charge in [0.2, 0.25) is 0 Å². The van der Waals surface area contributed by atoms with E-state index in [-0.39, 0.29) is 0 Å². The fraction of sp³-hybridized carbons (Fsp3) is 1.00. The first kappa shape index (κ1) is 11.1. The van der Waals surface area contributed by atoms with E-state index >= 15 is 0 Å². The van der Waals surface area contributed by atoms with E-state index in [9.17, 15) is 0 Å². The van der Waals surface area contributed by atoms with Crippen molar-refractivity contribution >= 4 is 0 Å². The van der Waals surface area contributed by atoms with Crippen LogP contribution in [0.2, 0.25) is 0 Å². The van der Waals surface area contributed by atoms with E-state index < -0.39 is 0 Å². The predicted molar refractivity (Wildman–Crippen MR) is 66.4 cm³/mol. The number of hydrogen-bond donors (Lipinski definition) is 0. The summed E-state index contributed by atoms with van der Waals surface area (Å²) in [6.45, 7) is 5.06. The number of rotatable bonds is 2.